The fourth-order valence-corrected chi connectivity index (χ4v) is 8.84. The Morgan fingerprint density at radius 2 is 0.476 bits per heavy atom. The molecule has 82 heavy (non-hydrogen) atoms. The molecule has 6 heteroatoms. The Hall–Kier alpha value is -4.97. The molecule has 0 aliphatic rings. The van der Waals surface area contributed by atoms with Gasteiger partial charge in [-0.1, -0.05) is 294 Å². The van der Waals surface area contributed by atoms with Crippen LogP contribution in [-0.4, -0.2) is 37.2 Å². The summed E-state index contributed by atoms with van der Waals surface area (Å²) in [5.74, 6) is -0.949. The molecule has 0 spiro atoms. The molecule has 0 bridgehead atoms. The highest BCUT2D eigenvalue weighted by Crippen LogP contribution is 2.15. The van der Waals surface area contributed by atoms with Crippen LogP contribution in [0.3, 0.4) is 0 Å². The second-order valence-electron chi connectivity index (χ2n) is 21.6. The van der Waals surface area contributed by atoms with Crippen molar-refractivity contribution in [3.05, 3.63) is 158 Å². The number of allylic oxidation sites excluding steroid dienone is 26. The highest BCUT2D eigenvalue weighted by Gasteiger charge is 2.19. The van der Waals surface area contributed by atoms with E-state index in [2.05, 4.69) is 179 Å². The molecule has 0 rings (SSSR count). The van der Waals surface area contributed by atoms with E-state index >= 15 is 0 Å². The molecule has 0 aromatic rings. The van der Waals surface area contributed by atoms with E-state index in [0.29, 0.717) is 25.7 Å². The molecule has 0 aromatic heterocycles. The summed E-state index contributed by atoms with van der Waals surface area (Å²) in [7, 11) is 0. The molecule has 0 aliphatic heterocycles. The quantitative estimate of drug-likeness (QED) is 0.0261. The zero-order valence-electron chi connectivity index (χ0n) is 52.9. The van der Waals surface area contributed by atoms with Crippen molar-refractivity contribution in [2.75, 3.05) is 13.2 Å². The number of esters is 3. The SMILES string of the molecule is CC/C=C\C/C=C\C/C=C\C/C=C\C/C=C\C/C=C\C/C=C\C/C=C\CCCCC(=O)OCC(COC(=O)CCCCCCCCCCCCCC)OC(=O)CCCCCCCCCCC/C=C\C/C=C\C/C=C\C/C=C\C/C=C\CC. The Labute approximate surface area is 505 Å². The van der Waals surface area contributed by atoms with Crippen LogP contribution in [0.1, 0.15) is 284 Å². The van der Waals surface area contributed by atoms with Gasteiger partial charge in [-0.15, -0.1) is 0 Å². The van der Waals surface area contributed by atoms with Gasteiger partial charge in [-0.3, -0.25) is 14.4 Å². The molecule has 0 radical (unpaired) electrons. The molecule has 0 aromatic carbocycles. The van der Waals surface area contributed by atoms with Crippen molar-refractivity contribution in [1.29, 1.82) is 0 Å². The van der Waals surface area contributed by atoms with E-state index in [0.717, 1.165) is 141 Å². The molecular formula is C76H122O6. The third-order valence-electron chi connectivity index (χ3n) is 13.8. The molecule has 0 heterocycles. The Bertz CT molecular complexity index is 1830. The van der Waals surface area contributed by atoms with Crippen molar-refractivity contribution < 1.29 is 28.6 Å². The second-order valence-corrected chi connectivity index (χ2v) is 21.6. The third kappa shape index (κ3) is 65.8. The van der Waals surface area contributed by atoms with Crippen LogP contribution < -0.4 is 0 Å². The largest absolute Gasteiger partial charge is 0.462 e. The third-order valence-corrected chi connectivity index (χ3v) is 13.8. The Morgan fingerprint density at radius 3 is 0.768 bits per heavy atom. The highest BCUT2D eigenvalue weighted by atomic mass is 16.6. The van der Waals surface area contributed by atoms with E-state index in [-0.39, 0.29) is 31.1 Å². The van der Waals surface area contributed by atoms with Crippen LogP contribution in [-0.2, 0) is 28.6 Å². The standard InChI is InChI=1S/C76H122O6/c1-4-7-10-13-16-19-22-25-27-29-31-33-35-37-38-40-41-43-45-47-49-51-54-57-60-63-66-69-75(78)81-72-73(71-80-74(77)68-65-62-59-56-53-24-21-18-15-12-9-6-3)82-76(79)70-67-64-61-58-55-52-50-48-46-44-42-39-36-34-32-30-28-26-23-20-17-14-11-8-5-2/h7-8,10-11,16-17,19-20,25-28,31-34,37-39,41-43,47,49,54,57,73H,4-6,9,12-15,18,21-24,29-30,35-36,40,44-46,48,50-53,55-56,58-72H2,1-3H3/b10-7-,11-8-,19-16-,20-17-,27-25-,28-26-,33-31-,34-32-,38-37-,42-39-,43-41-,49-47-,57-54-. The number of unbranched alkanes of at least 4 members (excludes halogenated alkanes) is 22. The molecule has 1 atom stereocenters. The van der Waals surface area contributed by atoms with Gasteiger partial charge in [0.05, 0.1) is 0 Å². The molecule has 0 saturated heterocycles. The fraction of sp³-hybridized carbons (Fsp3) is 0.618. The maximum Gasteiger partial charge on any atom is 0.306 e. The average Bonchev–Trinajstić information content (AvgIpc) is 3.47. The van der Waals surface area contributed by atoms with Gasteiger partial charge in [-0.25, -0.2) is 0 Å². The summed E-state index contributed by atoms with van der Waals surface area (Å²) in [5, 5.41) is 0. The van der Waals surface area contributed by atoms with Gasteiger partial charge < -0.3 is 14.2 Å². The van der Waals surface area contributed by atoms with Crippen LogP contribution in [0.5, 0.6) is 0 Å². The summed E-state index contributed by atoms with van der Waals surface area (Å²) in [4.78, 5) is 38.3. The Kier molecular flexibility index (Phi) is 64.4. The molecule has 0 fully saturated rings. The molecular weight excluding hydrogens is 1010 g/mol. The normalized spacial score (nSPS) is 13.2. The first-order chi connectivity index (χ1) is 40.5. The monoisotopic (exact) mass is 1130 g/mol. The predicted molar refractivity (Wildman–Crippen MR) is 357 cm³/mol. The van der Waals surface area contributed by atoms with E-state index < -0.39 is 6.10 Å². The maximum absolute atomic E-state index is 12.9. The zero-order chi connectivity index (χ0) is 59.2. The summed E-state index contributed by atoms with van der Waals surface area (Å²) in [6.07, 6.45) is 99.7. The van der Waals surface area contributed by atoms with Crippen molar-refractivity contribution >= 4 is 17.9 Å². The lowest BCUT2D eigenvalue weighted by Crippen LogP contribution is -2.30. The van der Waals surface area contributed by atoms with Gasteiger partial charge in [0.2, 0.25) is 0 Å². The number of ether oxygens (including phenoxy) is 3. The molecule has 0 N–H and O–H groups in total. The number of hydrogen-bond donors (Lipinski definition) is 0. The molecule has 6 nitrogen and oxygen atoms in total. The predicted octanol–water partition coefficient (Wildman–Crippen LogP) is 23.3. The van der Waals surface area contributed by atoms with Crippen LogP contribution >= 0.6 is 0 Å². The van der Waals surface area contributed by atoms with Gasteiger partial charge in [0.25, 0.3) is 0 Å². The van der Waals surface area contributed by atoms with Gasteiger partial charge in [-0.05, 0) is 128 Å². The summed E-state index contributed by atoms with van der Waals surface area (Å²) < 4.78 is 16.9. The van der Waals surface area contributed by atoms with Crippen LogP contribution in [0.25, 0.3) is 0 Å². The average molecular weight is 1130 g/mol. The van der Waals surface area contributed by atoms with E-state index in [1.807, 2.05) is 0 Å². The summed E-state index contributed by atoms with van der Waals surface area (Å²) in [5.41, 5.74) is 0. The number of hydrogen-bond acceptors (Lipinski definition) is 6. The van der Waals surface area contributed by atoms with E-state index in [1.54, 1.807) is 0 Å². The molecule has 1 unspecified atom stereocenters. The topological polar surface area (TPSA) is 78.9 Å². The molecule has 0 aliphatic carbocycles. The summed E-state index contributed by atoms with van der Waals surface area (Å²) in [6.45, 7) is 6.37. The van der Waals surface area contributed by atoms with Crippen molar-refractivity contribution in [2.45, 2.75) is 290 Å². The van der Waals surface area contributed by atoms with Crippen LogP contribution in [0, 0.1) is 0 Å². The minimum atomic E-state index is -0.807. The zero-order valence-corrected chi connectivity index (χ0v) is 52.9. The Balaban J connectivity index is 4.43. The van der Waals surface area contributed by atoms with Gasteiger partial charge >= 0.3 is 17.9 Å². The highest BCUT2D eigenvalue weighted by molar-refractivity contribution is 5.71. The molecule has 0 amide bonds. The van der Waals surface area contributed by atoms with Crippen LogP contribution in [0.2, 0.25) is 0 Å². The van der Waals surface area contributed by atoms with Crippen molar-refractivity contribution in [3.63, 3.8) is 0 Å². The minimum Gasteiger partial charge on any atom is -0.462 e. The first kappa shape index (κ1) is 77.0. The van der Waals surface area contributed by atoms with Crippen LogP contribution in [0.4, 0.5) is 0 Å². The van der Waals surface area contributed by atoms with Crippen molar-refractivity contribution in [2.24, 2.45) is 0 Å². The maximum atomic E-state index is 12.9. The summed E-state index contributed by atoms with van der Waals surface area (Å²) in [6, 6.07) is 0. The molecule has 462 valence electrons. The van der Waals surface area contributed by atoms with Gasteiger partial charge in [-0.2, -0.15) is 0 Å². The van der Waals surface area contributed by atoms with Crippen molar-refractivity contribution in [3.8, 4) is 0 Å². The van der Waals surface area contributed by atoms with E-state index in [9.17, 15) is 14.4 Å². The van der Waals surface area contributed by atoms with E-state index in [4.69, 9.17) is 14.2 Å². The first-order valence-electron chi connectivity index (χ1n) is 33.5. The number of carbonyl (C=O) groups excluding carboxylic acids is 3. The lowest BCUT2D eigenvalue weighted by Gasteiger charge is -2.18. The van der Waals surface area contributed by atoms with Gasteiger partial charge in [0, 0.05) is 19.3 Å². The smallest absolute Gasteiger partial charge is 0.306 e. The first-order valence-corrected chi connectivity index (χ1v) is 33.5. The lowest BCUT2D eigenvalue weighted by atomic mass is 10.0. The fourth-order valence-electron chi connectivity index (χ4n) is 8.84. The number of carbonyl (C=O) groups is 3. The Morgan fingerprint density at radius 1 is 0.256 bits per heavy atom. The van der Waals surface area contributed by atoms with Crippen LogP contribution in [0.15, 0.2) is 158 Å². The summed E-state index contributed by atoms with van der Waals surface area (Å²) >= 11 is 0. The number of rotatable bonds is 59. The van der Waals surface area contributed by atoms with Crippen molar-refractivity contribution in [1.82, 2.24) is 0 Å². The minimum absolute atomic E-state index is 0.0982. The lowest BCUT2D eigenvalue weighted by molar-refractivity contribution is -0.167. The van der Waals surface area contributed by atoms with Gasteiger partial charge in [0.15, 0.2) is 6.10 Å². The van der Waals surface area contributed by atoms with E-state index in [1.165, 1.54) is 96.3 Å². The second kappa shape index (κ2) is 68.5. The van der Waals surface area contributed by atoms with Gasteiger partial charge in [0.1, 0.15) is 13.2 Å². The molecule has 0 saturated carbocycles.